The largest absolute Gasteiger partial charge is 0.496 e. The molecule has 1 aliphatic heterocycles. The third-order valence-electron chi connectivity index (χ3n) is 5.71. The fourth-order valence-corrected chi connectivity index (χ4v) is 5.10. The summed E-state index contributed by atoms with van der Waals surface area (Å²) in [6.07, 6.45) is 1.83. The van der Waals surface area contributed by atoms with Crippen LogP contribution in [0.5, 0.6) is 11.5 Å². The number of carbonyl (C=O) groups excluding carboxylic acids is 1. The summed E-state index contributed by atoms with van der Waals surface area (Å²) in [5.74, 6) is 1.30. The number of thiazole rings is 1. The summed E-state index contributed by atoms with van der Waals surface area (Å²) in [6, 6.07) is 14.3. The van der Waals surface area contributed by atoms with Crippen LogP contribution in [0, 0.1) is 5.92 Å². The molecule has 7 nitrogen and oxygen atoms in total. The number of hydrogen-bond acceptors (Lipinski definition) is 7. The van der Waals surface area contributed by atoms with Crippen LogP contribution < -0.4 is 24.4 Å². The van der Waals surface area contributed by atoms with E-state index in [-0.39, 0.29) is 12.2 Å². The van der Waals surface area contributed by atoms with Crippen molar-refractivity contribution in [1.29, 1.82) is 0 Å². The van der Waals surface area contributed by atoms with Crippen LogP contribution in [0.3, 0.4) is 0 Å². The van der Waals surface area contributed by atoms with Gasteiger partial charge >= 0.3 is 5.97 Å². The summed E-state index contributed by atoms with van der Waals surface area (Å²) in [4.78, 5) is 31.9. The van der Waals surface area contributed by atoms with Crippen LogP contribution in [0.15, 0.2) is 69.6 Å². The lowest BCUT2D eigenvalue weighted by molar-refractivity contribution is -0.139. The van der Waals surface area contributed by atoms with Crippen molar-refractivity contribution in [1.82, 2.24) is 4.57 Å². The van der Waals surface area contributed by atoms with E-state index in [1.54, 1.807) is 25.5 Å². The zero-order valence-electron chi connectivity index (χ0n) is 21.1. The maximum absolute atomic E-state index is 13.7. The first kappa shape index (κ1) is 25.4. The number of allylic oxidation sites excluding steroid dienone is 1. The van der Waals surface area contributed by atoms with Crippen LogP contribution in [-0.4, -0.2) is 30.9 Å². The Morgan fingerprint density at radius 1 is 1.17 bits per heavy atom. The monoisotopic (exact) mass is 506 g/mol. The second kappa shape index (κ2) is 11.0. The summed E-state index contributed by atoms with van der Waals surface area (Å²) in [5.41, 5.74) is 2.17. The van der Waals surface area contributed by atoms with E-state index >= 15 is 0 Å². The molecule has 36 heavy (non-hydrogen) atoms. The van der Waals surface area contributed by atoms with Crippen molar-refractivity contribution in [2.45, 2.75) is 33.7 Å². The van der Waals surface area contributed by atoms with Crippen molar-refractivity contribution in [2.75, 3.05) is 20.3 Å². The number of ether oxygens (including phenoxy) is 3. The molecule has 0 amide bonds. The van der Waals surface area contributed by atoms with Gasteiger partial charge in [-0.1, -0.05) is 55.5 Å². The average molecular weight is 507 g/mol. The highest BCUT2D eigenvalue weighted by Crippen LogP contribution is 2.35. The number of fused-ring (bicyclic) bond motifs is 1. The SMILES string of the molecule is CCOC(=O)C1=C(C)N=c2s/c(=C/c3ccc(OCC(C)C)cc3)c(=O)n2[C@@H]1c1ccccc1OC. The molecule has 0 aliphatic carbocycles. The second-order valence-corrected chi connectivity index (χ2v) is 9.83. The Morgan fingerprint density at radius 2 is 1.89 bits per heavy atom. The Bertz CT molecular complexity index is 1460. The summed E-state index contributed by atoms with van der Waals surface area (Å²) < 4.78 is 18.8. The molecule has 0 spiro atoms. The number of hydrogen-bond donors (Lipinski definition) is 0. The molecule has 2 aromatic carbocycles. The predicted molar refractivity (Wildman–Crippen MR) is 140 cm³/mol. The Kier molecular flexibility index (Phi) is 7.74. The van der Waals surface area contributed by atoms with Crippen molar-refractivity contribution in [3.05, 3.63) is 90.6 Å². The second-order valence-electron chi connectivity index (χ2n) is 8.82. The Balaban J connectivity index is 1.84. The number of rotatable bonds is 8. The van der Waals surface area contributed by atoms with Crippen molar-refractivity contribution in [3.8, 4) is 11.5 Å². The molecule has 1 aliphatic rings. The zero-order valence-corrected chi connectivity index (χ0v) is 21.9. The number of carbonyl (C=O) groups is 1. The van der Waals surface area contributed by atoms with Crippen molar-refractivity contribution in [3.63, 3.8) is 0 Å². The summed E-state index contributed by atoms with van der Waals surface area (Å²) in [6.45, 7) is 8.57. The smallest absolute Gasteiger partial charge is 0.338 e. The van der Waals surface area contributed by atoms with Gasteiger partial charge in [0.15, 0.2) is 4.80 Å². The molecular formula is C28H30N2O5S. The highest BCUT2D eigenvalue weighted by Gasteiger charge is 2.34. The summed E-state index contributed by atoms with van der Waals surface area (Å²) in [5, 5.41) is 0. The van der Waals surface area contributed by atoms with E-state index in [0.29, 0.717) is 44.4 Å². The van der Waals surface area contributed by atoms with Gasteiger partial charge in [0.1, 0.15) is 17.5 Å². The lowest BCUT2D eigenvalue weighted by Crippen LogP contribution is -2.40. The molecule has 3 aromatic rings. The van der Waals surface area contributed by atoms with Gasteiger partial charge in [-0.15, -0.1) is 0 Å². The van der Waals surface area contributed by atoms with Crippen LogP contribution in [-0.2, 0) is 9.53 Å². The van der Waals surface area contributed by atoms with Gasteiger partial charge in [0.25, 0.3) is 5.56 Å². The van der Waals surface area contributed by atoms with E-state index in [1.165, 1.54) is 11.3 Å². The molecule has 0 unspecified atom stereocenters. The first-order chi connectivity index (χ1) is 17.3. The van der Waals surface area contributed by atoms with E-state index in [9.17, 15) is 9.59 Å². The van der Waals surface area contributed by atoms with Crippen LogP contribution in [0.4, 0.5) is 0 Å². The van der Waals surface area contributed by atoms with Gasteiger partial charge in [-0.2, -0.15) is 0 Å². The molecule has 1 atom stereocenters. The number of benzene rings is 2. The number of esters is 1. The molecule has 2 heterocycles. The van der Waals surface area contributed by atoms with Crippen molar-refractivity contribution >= 4 is 23.4 Å². The van der Waals surface area contributed by atoms with Crippen molar-refractivity contribution in [2.24, 2.45) is 10.9 Å². The molecular weight excluding hydrogens is 476 g/mol. The highest BCUT2D eigenvalue weighted by atomic mass is 32.1. The van der Waals surface area contributed by atoms with Gasteiger partial charge in [-0.25, -0.2) is 9.79 Å². The van der Waals surface area contributed by atoms with Gasteiger partial charge in [0, 0.05) is 5.56 Å². The minimum Gasteiger partial charge on any atom is -0.496 e. The maximum Gasteiger partial charge on any atom is 0.338 e. The molecule has 1 aromatic heterocycles. The van der Waals surface area contributed by atoms with E-state index in [2.05, 4.69) is 18.8 Å². The Morgan fingerprint density at radius 3 is 2.56 bits per heavy atom. The standard InChI is InChI=1S/C28H30N2O5S/c1-6-34-27(32)24-18(4)29-28-30(25(24)21-9-7-8-10-22(21)33-5)26(31)23(36-28)15-19-11-13-20(14-12-19)35-16-17(2)3/h7-15,17,25H,6,16H2,1-5H3/b23-15+/t25-/m1/s1. The minimum absolute atomic E-state index is 0.218. The van der Waals surface area contributed by atoms with E-state index in [1.807, 2.05) is 54.6 Å². The quantitative estimate of drug-likeness (QED) is 0.434. The fraction of sp³-hybridized carbons (Fsp3) is 0.321. The van der Waals surface area contributed by atoms with E-state index in [0.717, 1.165) is 11.3 Å². The number of methoxy groups -OCH3 is 1. The van der Waals surface area contributed by atoms with Crippen molar-refractivity contribution < 1.29 is 19.0 Å². The molecule has 0 radical (unpaired) electrons. The van der Waals surface area contributed by atoms with E-state index < -0.39 is 12.0 Å². The Labute approximate surface area is 214 Å². The average Bonchev–Trinajstić information content (AvgIpc) is 3.17. The van der Waals surface area contributed by atoms with Gasteiger partial charge in [-0.3, -0.25) is 9.36 Å². The molecule has 0 saturated heterocycles. The molecule has 8 heteroatoms. The van der Waals surface area contributed by atoms with Gasteiger partial charge in [0.2, 0.25) is 0 Å². The molecule has 4 rings (SSSR count). The molecule has 0 fully saturated rings. The first-order valence-electron chi connectivity index (χ1n) is 11.9. The molecule has 0 bridgehead atoms. The molecule has 0 N–H and O–H groups in total. The van der Waals surface area contributed by atoms with Gasteiger partial charge < -0.3 is 14.2 Å². The van der Waals surface area contributed by atoms with Crippen LogP contribution >= 0.6 is 11.3 Å². The predicted octanol–water partition coefficient (Wildman–Crippen LogP) is 3.84. The molecule has 188 valence electrons. The normalized spacial score (nSPS) is 15.5. The Hall–Kier alpha value is -3.65. The maximum atomic E-state index is 13.7. The number of aromatic nitrogens is 1. The first-order valence-corrected chi connectivity index (χ1v) is 12.7. The van der Waals surface area contributed by atoms with Crippen LogP contribution in [0.1, 0.15) is 44.9 Å². The number of nitrogens with zero attached hydrogens (tertiary/aromatic N) is 2. The van der Waals surface area contributed by atoms with Gasteiger partial charge in [0.05, 0.1) is 36.1 Å². The lowest BCUT2D eigenvalue weighted by atomic mass is 9.95. The zero-order chi connectivity index (χ0) is 25.8. The third kappa shape index (κ3) is 5.14. The summed E-state index contributed by atoms with van der Waals surface area (Å²) in [7, 11) is 1.57. The van der Waals surface area contributed by atoms with Crippen LogP contribution in [0.25, 0.3) is 6.08 Å². The number of para-hydroxylation sites is 1. The van der Waals surface area contributed by atoms with Gasteiger partial charge in [-0.05, 0) is 49.6 Å². The third-order valence-corrected chi connectivity index (χ3v) is 6.69. The fourth-order valence-electron chi connectivity index (χ4n) is 4.05. The van der Waals surface area contributed by atoms with Crippen LogP contribution in [0.2, 0.25) is 0 Å². The highest BCUT2D eigenvalue weighted by molar-refractivity contribution is 7.07. The lowest BCUT2D eigenvalue weighted by Gasteiger charge is -2.25. The minimum atomic E-state index is -0.717. The van der Waals surface area contributed by atoms with E-state index in [4.69, 9.17) is 14.2 Å². The summed E-state index contributed by atoms with van der Waals surface area (Å²) >= 11 is 1.29. The topological polar surface area (TPSA) is 79.1 Å². The molecule has 0 saturated carbocycles.